The first-order chi connectivity index (χ1) is 13.2. The molecule has 2 aromatic carbocycles. The lowest BCUT2D eigenvalue weighted by molar-refractivity contribution is 0.0934. The maximum absolute atomic E-state index is 13.0. The number of carbonyl (C=O) groups excluding carboxylic acids is 1. The molecule has 0 aliphatic heterocycles. The zero-order chi connectivity index (χ0) is 18.6. The predicted molar refractivity (Wildman–Crippen MR) is 106 cm³/mol. The lowest BCUT2D eigenvalue weighted by Crippen LogP contribution is -2.41. The third kappa shape index (κ3) is 4.09. The van der Waals surface area contributed by atoms with Crippen molar-refractivity contribution in [2.75, 3.05) is 6.54 Å². The lowest BCUT2D eigenvalue weighted by atomic mass is 10.1. The van der Waals surface area contributed by atoms with Crippen LogP contribution in [0.3, 0.4) is 0 Å². The highest BCUT2D eigenvalue weighted by atomic mass is 16.1. The van der Waals surface area contributed by atoms with Crippen LogP contribution in [0.4, 0.5) is 0 Å². The summed E-state index contributed by atoms with van der Waals surface area (Å²) in [5.41, 5.74) is 9.24. The number of hydrogen-bond acceptors (Lipinski definition) is 3. The molecule has 138 valence electrons. The average Bonchev–Trinajstić information content (AvgIpc) is 3.47. The first kappa shape index (κ1) is 17.5. The van der Waals surface area contributed by atoms with Gasteiger partial charge in [0.1, 0.15) is 5.69 Å². The van der Waals surface area contributed by atoms with Gasteiger partial charge in [-0.25, -0.2) is 0 Å². The lowest BCUT2D eigenvalue weighted by Gasteiger charge is -2.15. The molecule has 1 aliphatic rings. The molecule has 1 atom stereocenters. The van der Waals surface area contributed by atoms with E-state index in [0.29, 0.717) is 30.3 Å². The molecule has 5 nitrogen and oxygen atoms in total. The van der Waals surface area contributed by atoms with Crippen molar-refractivity contribution in [1.82, 2.24) is 15.1 Å². The van der Waals surface area contributed by atoms with Crippen LogP contribution in [0.2, 0.25) is 0 Å². The number of aromatic nitrogens is 2. The molecular weight excluding hydrogens is 336 g/mol. The van der Waals surface area contributed by atoms with Crippen LogP contribution in [0, 0.1) is 5.92 Å². The Balaban J connectivity index is 1.64. The molecule has 5 heteroatoms. The van der Waals surface area contributed by atoms with Gasteiger partial charge in [-0.2, -0.15) is 5.10 Å². The summed E-state index contributed by atoms with van der Waals surface area (Å²) < 4.78 is 1.83. The van der Waals surface area contributed by atoms with Crippen molar-refractivity contribution in [1.29, 1.82) is 0 Å². The summed E-state index contributed by atoms with van der Waals surface area (Å²) >= 11 is 0. The van der Waals surface area contributed by atoms with Crippen molar-refractivity contribution in [2.24, 2.45) is 11.7 Å². The van der Waals surface area contributed by atoms with Crippen molar-refractivity contribution >= 4 is 5.91 Å². The van der Waals surface area contributed by atoms with E-state index in [-0.39, 0.29) is 11.9 Å². The van der Waals surface area contributed by atoms with Gasteiger partial charge in [-0.05, 0) is 24.3 Å². The SMILES string of the molecule is NCC(NC(=O)c1cn(Cc2ccccc2)nc1-c1ccccc1)C1CC1. The van der Waals surface area contributed by atoms with Crippen LogP contribution in [-0.4, -0.2) is 28.3 Å². The van der Waals surface area contributed by atoms with Gasteiger partial charge >= 0.3 is 0 Å². The Morgan fingerprint density at radius 2 is 1.78 bits per heavy atom. The molecule has 0 bridgehead atoms. The molecule has 1 unspecified atom stereocenters. The number of nitrogens with two attached hydrogens (primary N) is 1. The Labute approximate surface area is 159 Å². The first-order valence-electron chi connectivity index (χ1n) is 9.42. The number of nitrogens with zero attached hydrogens (tertiary/aromatic N) is 2. The van der Waals surface area contributed by atoms with Crippen LogP contribution in [-0.2, 0) is 6.54 Å². The minimum atomic E-state index is -0.101. The van der Waals surface area contributed by atoms with E-state index >= 15 is 0 Å². The monoisotopic (exact) mass is 360 g/mol. The first-order valence-corrected chi connectivity index (χ1v) is 9.42. The van der Waals surface area contributed by atoms with E-state index in [1.807, 2.05) is 59.4 Å². The summed E-state index contributed by atoms with van der Waals surface area (Å²) in [5.74, 6) is 0.411. The fraction of sp³-hybridized carbons (Fsp3) is 0.273. The summed E-state index contributed by atoms with van der Waals surface area (Å²) in [7, 11) is 0. The zero-order valence-electron chi connectivity index (χ0n) is 15.2. The number of amides is 1. The Morgan fingerprint density at radius 1 is 1.11 bits per heavy atom. The molecule has 0 radical (unpaired) electrons. The van der Waals surface area contributed by atoms with Crippen LogP contribution in [0.25, 0.3) is 11.3 Å². The molecule has 0 spiro atoms. The molecule has 1 aliphatic carbocycles. The number of carbonyl (C=O) groups is 1. The van der Waals surface area contributed by atoms with Gasteiger partial charge in [-0.1, -0.05) is 60.7 Å². The van der Waals surface area contributed by atoms with E-state index in [0.717, 1.165) is 24.0 Å². The second-order valence-corrected chi connectivity index (χ2v) is 7.09. The highest BCUT2D eigenvalue weighted by Crippen LogP contribution is 2.32. The minimum absolute atomic E-state index is 0.0404. The van der Waals surface area contributed by atoms with Gasteiger partial charge in [0.2, 0.25) is 0 Å². The second-order valence-electron chi connectivity index (χ2n) is 7.09. The molecule has 3 aromatic rings. The summed E-state index contributed by atoms with van der Waals surface area (Å²) in [6.07, 6.45) is 4.12. The van der Waals surface area contributed by atoms with Crippen LogP contribution >= 0.6 is 0 Å². The summed E-state index contributed by atoms with van der Waals surface area (Å²) in [5, 5.41) is 7.83. The quantitative estimate of drug-likeness (QED) is 0.680. The Morgan fingerprint density at radius 3 is 2.41 bits per heavy atom. The number of nitrogens with one attached hydrogen (secondary N) is 1. The summed E-state index contributed by atoms with van der Waals surface area (Å²) in [6, 6.07) is 20.0. The smallest absolute Gasteiger partial charge is 0.255 e. The minimum Gasteiger partial charge on any atom is -0.348 e. The van der Waals surface area contributed by atoms with Crippen molar-refractivity contribution in [3.05, 3.63) is 78.0 Å². The Bertz CT molecular complexity index is 901. The number of rotatable bonds is 7. The topological polar surface area (TPSA) is 72.9 Å². The maximum atomic E-state index is 13.0. The predicted octanol–water partition coefficient (Wildman–Crippen LogP) is 3.07. The van der Waals surface area contributed by atoms with Gasteiger partial charge in [0.25, 0.3) is 5.91 Å². The molecule has 1 saturated carbocycles. The van der Waals surface area contributed by atoms with Gasteiger partial charge in [0.05, 0.1) is 12.1 Å². The molecule has 0 saturated heterocycles. The Kier molecular flexibility index (Phi) is 5.03. The van der Waals surface area contributed by atoms with Crippen molar-refractivity contribution in [3.63, 3.8) is 0 Å². The molecule has 1 heterocycles. The molecule has 3 N–H and O–H groups in total. The number of benzene rings is 2. The van der Waals surface area contributed by atoms with E-state index in [1.54, 1.807) is 0 Å². The van der Waals surface area contributed by atoms with Crippen molar-refractivity contribution in [3.8, 4) is 11.3 Å². The standard InChI is InChI=1S/C22H24N4O/c23-13-20(17-11-12-17)24-22(27)19-15-26(14-16-7-3-1-4-8-16)25-21(19)18-9-5-2-6-10-18/h1-10,15,17,20H,11-14,23H2,(H,24,27). The van der Waals surface area contributed by atoms with Crippen molar-refractivity contribution < 1.29 is 4.79 Å². The fourth-order valence-corrected chi connectivity index (χ4v) is 3.36. The molecule has 1 fully saturated rings. The highest BCUT2D eigenvalue weighted by Gasteiger charge is 2.32. The van der Waals surface area contributed by atoms with Gasteiger partial charge in [0, 0.05) is 24.3 Å². The van der Waals surface area contributed by atoms with Gasteiger partial charge in [0.15, 0.2) is 0 Å². The maximum Gasteiger partial charge on any atom is 0.255 e. The zero-order valence-corrected chi connectivity index (χ0v) is 15.2. The normalized spacial score (nSPS) is 14.7. The molecule has 4 rings (SSSR count). The van der Waals surface area contributed by atoms with E-state index in [4.69, 9.17) is 10.8 Å². The fourth-order valence-electron chi connectivity index (χ4n) is 3.36. The van der Waals surface area contributed by atoms with Gasteiger partial charge < -0.3 is 11.1 Å². The highest BCUT2D eigenvalue weighted by molar-refractivity contribution is 6.00. The summed E-state index contributed by atoms with van der Waals surface area (Å²) in [6.45, 7) is 1.09. The average molecular weight is 360 g/mol. The molecule has 1 aromatic heterocycles. The third-order valence-corrected chi connectivity index (χ3v) is 5.00. The van der Waals surface area contributed by atoms with Crippen LogP contribution in [0.5, 0.6) is 0 Å². The second kappa shape index (κ2) is 7.76. The van der Waals surface area contributed by atoms with Gasteiger partial charge in [-0.15, -0.1) is 0 Å². The van der Waals surface area contributed by atoms with Crippen LogP contribution in [0.15, 0.2) is 66.9 Å². The van der Waals surface area contributed by atoms with E-state index < -0.39 is 0 Å². The molecule has 1 amide bonds. The molecule has 27 heavy (non-hydrogen) atoms. The van der Waals surface area contributed by atoms with Gasteiger partial charge in [-0.3, -0.25) is 9.48 Å². The van der Waals surface area contributed by atoms with Crippen LogP contribution < -0.4 is 11.1 Å². The Hall–Kier alpha value is -2.92. The summed E-state index contributed by atoms with van der Waals surface area (Å²) in [4.78, 5) is 13.0. The number of hydrogen-bond donors (Lipinski definition) is 2. The van der Waals surface area contributed by atoms with E-state index in [9.17, 15) is 4.79 Å². The van der Waals surface area contributed by atoms with Crippen molar-refractivity contribution in [2.45, 2.75) is 25.4 Å². The van der Waals surface area contributed by atoms with E-state index in [2.05, 4.69) is 17.4 Å². The van der Waals surface area contributed by atoms with E-state index in [1.165, 1.54) is 0 Å². The molecular formula is C22H24N4O. The third-order valence-electron chi connectivity index (χ3n) is 5.00. The van der Waals surface area contributed by atoms with Crippen LogP contribution in [0.1, 0.15) is 28.8 Å². The largest absolute Gasteiger partial charge is 0.348 e.